The molecule has 1 fully saturated rings. The molecule has 3 rings (SSSR count). The zero-order valence-electron chi connectivity index (χ0n) is 16.3. The minimum Gasteiger partial charge on any atom is -0.368 e. The zero-order chi connectivity index (χ0) is 21.7. The van der Waals surface area contributed by atoms with E-state index in [1.165, 1.54) is 6.07 Å². The Kier molecular flexibility index (Phi) is 6.49. The van der Waals surface area contributed by atoms with Gasteiger partial charge in [0.1, 0.15) is 0 Å². The third kappa shape index (κ3) is 5.43. The second-order valence-electron chi connectivity index (χ2n) is 7.07. The summed E-state index contributed by atoms with van der Waals surface area (Å²) in [7, 11) is 0. The van der Waals surface area contributed by atoms with E-state index in [4.69, 9.17) is 5.73 Å². The van der Waals surface area contributed by atoms with Crippen molar-refractivity contribution < 1.29 is 22.8 Å². The van der Waals surface area contributed by atoms with Crippen molar-refractivity contribution in [3.05, 3.63) is 65.2 Å². The van der Waals surface area contributed by atoms with Gasteiger partial charge in [0.2, 0.25) is 5.91 Å². The Morgan fingerprint density at radius 1 is 1.00 bits per heavy atom. The maximum Gasteiger partial charge on any atom is 0.416 e. The fourth-order valence-electron chi connectivity index (χ4n) is 3.35. The number of nitrogens with one attached hydrogen (secondary N) is 1. The molecule has 2 aromatic rings. The molecule has 30 heavy (non-hydrogen) atoms. The van der Waals surface area contributed by atoms with E-state index in [9.17, 15) is 22.8 Å². The number of hydrogen-bond acceptors (Lipinski definition) is 3. The van der Waals surface area contributed by atoms with Crippen molar-refractivity contribution in [2.45, 2.75) is 12.6 Å². The third-order valence-corrected chi connectivity index (χ3v) is 5.01. The summed E-state index contributed by atoms with van der Waals surface area (Å²) >= 11 is 0. The van der Waals surface area contributed by atoms with E-state index in [0.717, 1.165) is 17.7 Å². The van der Waals surface area contributed by atoms with Crippen molar-refractivity contribution in [3.8, 4) is 0 Å². The number of nitrogens with zero attached hydrogens (tertiary/aromatic N) is 2. The fourth-order valence-corrected chi connectivity index (χ4v) is 3.35. The number of alkyl halides is 3. The first-order valence-corrected chi connectivity index (χ1v) is 9.58. The van der Waals surface area contributed by atoms with Gasteiger partial charge in [-0.25, -0.2) is 4.79 Å². The van der Waals surface area contributed by atoms with Gasteiger partial charge in [-0.2, -0.15) is 13.2 Å². The molecule has 1 aliphatic heterocycles. The van der Waals surface area contributed by atoms with Crippen LogP contribution in [0.5, 0.6) is 0 Å². The molecular weight excluding hydrogens is 397 g/mol. The molecule has 1 saturated heterocycles. The molecular formula is C21H23F3N4O2. The van der Waals surface area contributed by atoms with Gasteiger partial charge in [0.05, 0.1) is 5.56 Å². The molecule has 0 saturated carbocycles. The van der Waals surface area contributed by atoms with E-state index >= 15 is 0 Å². The van der Waals surface area contributed by atoms with Crippen molar-refractivity contribution in [1.29, 1.82) is 0 Å². The van der Waals surface area contributed by atoms with Gasteiger partial charge in [-0.1, -0.05) is 18.2 Å². The second-order valence-corrected chi connectivity index (χ2v) is 7.07. The van der Waals surface area contributed by atoms with Crippen LogP contribution in [0.4, 0.5) is 23.7 Å². The number of piperazine rings is 1. The number of urea groups is 1. The number of carbonyl (C=O) groups excluding carboxylic acids is 2. The quantitative estimate of drug-likeness (QED) is 0.781. The molecule has 1 heterocycles. The van der Waals surface area contributed by atoms with Gasteiger partial charge in [0.25, 0.3) is 0 Å². The molecule has 0 atom stereocenters. The molecule has 9 heteroatoms. The van der Waals surface area contributed by atoms with Crippen LogP contribution >= 0.6 is 0 Å². The van der Waals surface area contributed by atoms with Crippen LogP contribution in [0, 0.1) is 0 Å². The lowest BCUT2D eigenvalue weighted by Gasteiger charge is -2.36. The Bertz CT molecular complexity index is 909. The molecule has 0 radical (unpaired) electrons. The van der Waals surface area contributed by atoms with Crippen molar-refractivity contribution in [2.24, 2.45) is 5.73 Å². The number of nitrogens with two attached hydrogens (primary N) is 1. The summed E-state index contributed by atoms with van der Waals surface area (Å²) in [5.74, 6) is -0.500. The molecule has 0 aromatic heterocycles. The van der Waals surface area contributed by atoms with Crippen molar-refractivity contribution in [1.82, 2.24) is 10.2 Å². The summed E-state index contributed by atoms with van der Waals surface area (Å²) in [5, 5.41) is 2.84. The maximum absolute atomic E-state index is 12.9. The van der Waals surface area contributed by atoms with Gasteiger partial charge in [-0.05, 0) is 42.3 Å². The lowest BCUT2D eigenvalue weighted by atomic mass is 10.1. The first-order valence-electron chi connectivity index (χ1n) is 9.58. The molecule has 0 spiro atoms. The first kappa shape index (κ1) is 21.5. The summed E-state index contributed by atoms with van der Waals surface area (Å²) < 4.78 is 38.7. The molecule has 2 aromatic carbocycles. The summed E-state index contributed by atoms with van der Waals surface area (Å²) in [4.78, 5) is 27.1. The number of halogens is 3. The van der Waals surface area contributed by atoms with Gasteiger partial charge >= 0.3 is 12.2 Å². The third-order valence-electron chi connectivity index (χ3n) is 5.01. The van der Waals surface area contributed by atoms with Crippen LogP contribution in [0.25, 0.3) is 0 Å². The lowest BCUT2D eigenvalue weighted by molar-refractivity contribution is -0.137. The molecule has 0 aliphatic carbocycles. The van der Waals surface area contributed by atoms with Crippen LogP contribution in [-0.4, -0.2) is 49.6 Å². The van der Waals surface area contributed by atoms with E-state index in [-0.39, 0.29) is 6.03 Å². The van der Waals surface area contributed by atoms with Gasteiger partial charge < -0.3 is 20.9 Å². The Morgan fingerprint density at radius 2 is 1.70 bits per heavy atom. The molecule has 160 valence electrons. The number of carbonyl (C=O) groups is 2. The number of primary amides is 1. The minimum absolute atomic E-state index is 0.218. The van der Waals surface area contributed by atoms with E-state index in [0.29, 0.717) is 50.4 Å². The van der Waals surface area contributed by atoms with Crippen molar-refractivity contribution in [2.75, 3.05) is 37.6 Å². The standard InChI is InChI=1S/C21H23F3N4O2/c22-21(23,24)17-5-2-6-18(14-17)27-9-11-28(12-10-27)20(30)26-8-7-15-3-1-4-16(13-15)19(25)29/h1-6,13-14H,7-12H2,(H2,25,29)(H,26,30). The van der Waals surface area contributed by atoms with Gasteiger partial charge in [0.15, 0.2) is 0 Å². The largest absolute Gasteiger partial charge is 0.416 e. The highest BCUT2D eigenvalue weighted by Crippen LogP contribution is 2.31. The fraction of sp³-hybridized carbons (Fsp3) is 0.333. The van der Waals surface area contributed by atoms with Crippen LogP contribution in [0.2, 0.25) is 0 Å². The first-order chi connectivity index (χ1) is 14.2. The Balaban J connectivity index is 1.47. The van der Waals surface area contributed by atoms with E-state index in [1.54, 1.807) is 29.2 Å². The summed E-state index contributed by atoms with van der Waals surface area (Å²) in [5.41, 5.74) is 6.39. The normalized spacial score (nSPS) is 14.5. The number of anilines is 1. The molecule has 3 amide bonds. The topological polar surface area (TPSA) is 78.7 Å². The zero-order valence-corrected chi connectivity index (χ0v) is 16.3. The molecule has 6 nitrogen and oxygen atoms in total. The Hall–Kier alpha value is -3.23. The smallest absolute Gasteiger partial charge is 0.368 e. The highest BCUT2D eigenvalue weighted by Gasteiger charge is 2.31. The lowest BCUT2D eigenvalue weighted by Crippen LogP contribution is -2.52. The van der Waals surface area contributed by atoms with E-state index < -0.39 is 17.6 Å². The van der Waals surface area contributed by atoms with Crippen LogP contribution in [0.3, 0.4) is 0 Å². The van der Waals surface area contributed by atoms with Gasteiger partial charge in [-0.15, -0.1) is 0 Å². The second kappa shape index (κ2) is 9.06. The van der Waals surface area contributed by atoms with E-state index in [1.807, 2.05) is 11.0 Å². The molecule has 3 N–H and O–H groups in total. The predicted molar refractivity (Wildman–Crippen MR) is 107 cm³/mol. The SMILES string of the molecule is NC(=O)c1cccc(CCNC(=O)N2CCN(c3cccc(C(F)(F)F)c3)CC2)c1. The van der Waals surface area contributed by atoms with Crippen LogP contribution in [0.1, 0.15) is 21.5 Å². The minimum atomic E-state index is -4.38. The average Bonchev–Trinajstić information content (AvgIpc) is 2.73. The summed E-state index contributed by atoms with van der Waals surface area (Å²) in [6.45, 7) is 2.14. The van der Waals surface area contributed by atoms with Crippen LogP contribution < -0.4 is 16.0 Å². The van der Waals surface area contributed by atoms with Crippen LogP contribution in [0.15, 0.2) is 48.5 Å². The number of hydrogen-bond donors (Lipinski definition) is 2. The molecule has 1 aliphatic rings. The Labute approximate surface area is 172 Å². The van der Waals surface area contributed by atoms with Crippen molar-refractivity contribution >= 4 is 17.6 Å². The maximum atomic E-state index is 12.9. The highest BCUT2D eigenvalue weighted by molar-refractivity contribution is 5.92. The summed E-state index contributed by atoms with van der Waals surface area (Å²) in [6, 6.07) is 11.9. The van der Waals surface area contributed by atoms with Crippen LogP contribution in [-0.2, 0) is 12.6 Å². The number of rotatable bonds is 5. The molecule has 0 unspecified atom stereocenters. The average molecular weight is 420 g/mol. The molecule has 0 bridgehead atoms. The van der Waals surface area contributed by atoms with Crippen molar-refractivity contribution in [3.63, 3.8) is 0 Å². The van der Waals surface area contributed by atoms with Gasteiger partial charge in [0, 0.05) is 44.0 Å². The Morgan fingerprint density at radius 3 is 2.37 bits per heavy atom. The monoisotopic (exact) mass is 420 g/mol. The summed E-state index contributed by atoms with van der Waals surface area (Å²) in [6.07, 6.45) is -3.83. The number of amides is 3. The van der Waals surface area contributed by atoms with Gasteiger partial charge in [-0.3, -0.25) is 4.79 Å². The van der Waals surface area contributed by atoms with E-state index in [2.05, 4.69) is 5.32 Å². The number of benzene rings is 2. The predicted octanol–water partition coefficient (Wildman–Crippen LogP) is 2.88. The highest BCUT2D eigenvalue weighted by atomic mass is 19.4.